The summed E-state index contributed by atoms with van der Waals surface area (Å²) in [6.45, 7) is 0. The minimum atomic E-state index is -0.737. The Balaban J connectivity index is 1.51. The molecule has 1 amide bonds. The predicted octanol–water partition coefficient (Wildman–Crippen LogP) is 3.32. The number of hydrogen-bond acceptors (Lipinski definition) is 10. The van der Waals surface area contributed by atoms with Crippen molar-refractivity contribution in [1.29, 1.82) is 0 Å². The zero-order chi connectivity index (χ0) is 24.1. The second-order valence-corrected chi connectivity index (χ2v) is 6.84. The van der Waals surface area contributed by atoms with E-state index < -0.39 is 21.4 Å². The number of nitro groups is 2. The molecular formula is C21H15N7O6. The summed E-state index contributed by atoms with van der Waals surface area (Å²) in [5.74, 6) is -0.930. The van der Waals surface area contributed by atoms with E-state index in [4.69, 9.17) is 4.74 Å². The van der Waals surface area contributed by atoms with E-state index in [0.29, 0.717) is 11.1 Å². The van der Waals surface area contributed by atoms with Gasteiger partial charge in [-0.25, -0.2) is 4.98 Å². The molecule has 0 unspecified atom stereocenters. The number of fused-ring (bicyclic) bond motifs is 1. The van der Waals surface area contributed by atoms with E-state index in [1.807, 2.05) is 12.1 Å². The molecule has 2 N–H and O–H groups in total. The molecule has 0 aliphatic rings. The monoisotopic (exact) mass is 461 g/mol. The van der Waals surface area contributed by atoms with Gasteiger partial charge in [0, 0.05) is 23.7 Å². The molecule has 0 aliphatic heterocycles. The van der Waals surface area contributed by atoms with Crippen LogP contribution < -0.4 is 15.6 Å². The highest BCUT2D eigenvalue weighted by Gasteiger charge is 2.26. The topological polar surface area (TPSA) is 175 Å². The Morgan fingerprint density at radius 3 is 2.44 bits per heavy atom. The first-order chi connectivity index (χ1) is 16.4. The zero-order valence-electron chi connectivity index (χ0n) is 17.2. The smallest absolute Gasteiger partial charge is 0.374 e. The lowest BCUT2D eigenvalue weighted by atomic mass is 10.1. The summed E-state index contributed by atoms with van der Waals surface area (Å²) in [5, 5.41) is 23.2. The molecule has 0 atom stereocenters. The van der Waals surface area contributed by atoms with Crippen LogP contribution in [-0.4, -0.2) is 30.7 Å². The number of amides is 1. The molecule has 13 heteroatoms. The highest BCUT2D eigenvalue weighted by Crippen LogP contribution is 2.35. The van der Waals surface area contributed by atoms with Crippen LogP contribution in [0.2, 0.25) is 0 Å². The second-order valence-electron chi connectivity index (χ2n) is 6.84. The van der Waals surface area contributed by atoms with E-state index in [1.54, 1.807) is 24.4 Å². The predicted molar refractivity (Wildman–Crippen MR) is 119 cm³/mol. The molecule has 13 nitrogen and oxygen atoms in total. The van der Waals surface area contributed by atoms with Gasteiger partial charge in [0.25, 0.3) is 5.69 Å². The van der Waals surface area contributed by atoms with Crippen molar-refractivity contribution in [2.75, 3.05) is 5.43 Å². The molecule has 0 saturated heterocycles. The Bertz CT molecular complexity index is 1390. The molecule has 0 aliphatic carbocycles. The summed E-state index contributed by atoms with van der Waals surface area (Å²) in [7, 11) is 0. The lowest BCUT2D eigenvalue weighted by molar-refractivity contribution is -0.385. The number of nitro benzene ring substituents is 1. The largest absolute Gasteiger partial charge is 0.431 e. The van der Waals surface area contributed by atoms with Gasteiger partial charge in [-0.2, -0.15) is 4.98 Å². The lowest BCUT2D eigenvalue weighted by Crippen LogP contribution is -2.31. The van der Waals surface area contributed by atoms with Crippen LogP contribution in [0.3, 0.4) is 0 Å². The van der Waals surface area contributed by atoms with Crippen molar-refractivity contribution in [1.82, 2.24) is 20.4 Å². The average Bonchev–Trinajstić information content (AvgIpc) is 2.83. The minimum Gasteiger partial charge on any atom is -0.431 e. The van der Waals surface area contributed by atoms with Crippen molar-refractivity contribution in [2.24, 2.45) is 0 Å². The molecule has 0 saturated carbocycles. The number of carbonyl (C=O) groups is 1. The van der Waals surface area contributed by atoms with Crippen LogP contribution in [0.1, 0.15) is 5.56 Å². The standard InChI is InChI=1S/C21H15N7O6/c29-17(11-13-6-8-15(9-7-13)27(30)31)25-26-20-19(28(32)33)21(24-12-23-20)34-16-5-1-3-14-4-2-10-22-18(14)16/h1-10,12H,11H2,(H,25,29)(H,23,24,26). The van der Waals surface area contributed by atoms with Crippen LogP contribution in [0.15, 0.2) is 67.1 Å². The molecule has 0 radical (unpaired) electrons. The number of benzene rings is 2. The van der Waals surface area contributed by atoms with Crippen molar-refractivity contribution in [3.63, 3.8) is 0 Å². The second kappa shape index (κ2) is 9.52. The number of anilines is 1. The highest BCUT2D eigenvalue weighted by molar-refractivity contribution is 5.84. The van der Waals surface area contributed by atoms with Crippen LogP contribution in [0.4, 0.5) is 17.2 Å². The molecule has 0 bridgehead atoms. The van der Waals surface area contributed by atoms with Crippen LogP contribution in [0.5, 0.6) is 11.6 Å². The number of hydrazine groups is 1. The number of carbonyl (C=O) groups excluding carboxylic acids is 1. The van der Waals surface area contributed by atoms with Crippen LogP contribution in [0.25, 0.3) is 10.9 Å². The first-order valence-electron chi connectivity index (χ1n) is 9.71. The summed E-state index contributed by atoms with van der Waals surface area (Å²) in [5.41, 5.74) is 5.03. The summed E-state index contributed by atoms with van der Waals surface area (Å²) in [4.78, 5) is 45.4. The number of pyridine rings is 1. The number of para-hydroxylation sites is 1. The molecule has 34 heavy (non-hydrogen) atoms. The number of nitrogens with one attached hydrogen (secondary N) is 2. The number of ether oxygens (including phenoxy) is 1. The van der Waals surface area contributed by atoms with Gasteiger partial charge < -0.3 is 4.74 Å². The third-order valence-electron chi connectivity index (χ3n) is 4.61. The number of nitrogens with zero attached hydrogens (tertiary/aromatic N) is 5. The van der Waals surface area contributed by atoms with Gasteiger partial charge >= 0.3 is 11.6 Å². The Morgan fingerprint density at radius 2 is 1.71 bits per heavy atom. The van der Waals surface area contributed by atoms with Gasteiger partial charge in [-0.15, -0.1) is 0 Å². The number of hydrogen-bond donors (Lipinski definition) is 2. The molecular weight excluding hydrogens is 446 g/mol. The summed E-state index contributed by atoms with van der Waals surface area (Å²) in [6.07, 6.45) is 2.48. The Hall–Kier alpha value is -5.20. The van der Waals surface area contributed by atoms with Gasteiger partial charge in [0.15, 0.2) is 5.75 Å². The fourth-order valence-corrected chi connectivity index (χ4v) is 3.05. The maximum absolute atomic E-state index is 12.2. The summed E-state index contributed by atoms with van der Waals surface area (Å²) >= 11 is 0. The van der Waals surface area contributed by atoms with Gasteiger partial charge in [-0.05, 0) is 17.7 Å². The van der Waals surface area contributed by atoms with Crippen molar-refractivity contribution in [3.05, 3.63) is 92.9 Å². The summed E-state index contributed by atoms with van der Waals surface area (Å²) < 4.78 is 5.69. The van der Waals surface area contributed by atoms with E-state index in [-0.39, 0.29) is 29.6 Å². The van der Waals surface area contributed by atoms with Crippen LogP contribution >= 0.6 is 0 Å². The number of non-ortho nitro benzene ring substituents is 1. The first-order valence-corrected chi connectivity index (χ1v) is 9.71. The van der Waals surface area contributed by atoms with E-state index in [9.17, 15) is 25.0 Å². The van der Waals surface area contributed by atoms with E-state index in [1.165, 1.54) is 24.3 Å². The van der Waals surface area contributed by atoms with Gasteiger partial charge in [-0.1, -0.05) is 30.3 Å². The van der Waals surface area contributed by atoms with Gasteiger partial charge in [0.05, 0.1) is 16.3 Å². The SMILES string of the molecule is O=C(Cc1ccc([N+](=O)[O-])cc1)NNc1ncnc(Oc2cccc3cccnc23)c1[N+](=O)[O-]. The fraction of sp³-hybridized carbons (Fsp3) is 0.0476. The van der Waals surface area contributed by atoms with Gasteiger partial charge in [0.2, 0.25) is 11.7 Å². The third-order valence-corrected chi connectivity index (χ3v) is 4.61. The highest BCUT2D eigenvalue weighted by atomic mass is 16.6. The van der Waals surface area contributed by atoms with Crippen LogP contribution in [0, 0.1) is 20.2 Å². The molecule has 4 rings (SSSR count). The van der Waals surface area contributed by atoms with Crippen LogP contribution in [-0.2, 0) is 11.2 Å². The number of aromatic nitrogens is 3. The molecule has 2 heterocycles. The maximum Gasteiger partial charge on any atom is 0.374 e. The average molecular weight is 461 g/mol. The third kappa shape index (κ3) is 4.83. The fourth-order valence-electron chi connectivity index (χ4n) is 3.05. The molecule has 2 aromatic heterocycles. The van der Waals surface area contributed by atoms with E-state index >= 15 is 0 Å². The molecule has 0 fully saturated rings. The number of rotatable bonds is 8. The van der Waals surface area contributed by atoms with Crippen molar-refractivity contribution in [3.8, 4) is 11.6 Å². The van der Waals surface area contributed by atoms with Crippen molar-refractivity contribution in [2.45, 2.75) is 6.42 Å². The van der Waals surface area contributed by atoms with E-state index in [2.05, 4.69) is 25.8 Å². The molecule has 0 spiro atoms. The lowest BCUT2D eigenvalue weighted by Gasteiger charge is -2.11. The Kier molecular flexibility index (Phi) is 6.16. The van der Waals surface area contributed by atoms with Crippen molar-refractivity contribution >= 4 is 34.0 Å². The first kappa shape index (κ1) is 22.0. The summed E-state index contributed by atoms with van der Waals surface area (Å²) in [6, 6.07) is 14.1. The zero-order valence-corrected chi connectivity index (χ0v) is 17.2. The van der Waals surface area contributed by atoms with Crippen molar-refractivity contribution < 1.29 is 19.4 Å². The quantitative estimate of drug-likeness (QED) is 0.292. The van der Waals surface area contributed by atoms with E-state index in [0.717, 1.165) is 11.7 Å². The van der Waals surface area contributed by atoms with Gasteiger partial charge in [0.1, 0.15) is 11.8 Å². The Labute approximate surface area is 190 Å². The molecule has 4 aromatic rings. The minimum absolute atomic E-state index is 0.104. The Morgan fingerprint density at radius 1 is 0.941 bits per heavy atom. The maximum atomic E-state index is 12.2. The normalized spacial score (nSPS) is 10.5. The molecule has 170 valence electrons. The molecule has 2 aromatic carbocycles. The van der Waals surface area contributed by atoms with Gasteiger partial charge in [-0.3, -0.25) is 40.9 Å².